The van der Waals surface area contributed by atoms with Crippen molar-refractivity contribution < 1.29 is 14.0 Å². The second-order valence-corrected chi connectivity index (χ2v) is 6.49. The summed E-state index contributed by atoms with van der Waals surface area (Å²) >= 11 is 0. The third-order valence-electron chi connectivity index (χ3n) is 4.45. The summed E-state index contributed by atoms with van der Waals surface area (Å²) in [5, 5.41) is 3.26. The molecule has 144 valence electrons. The lowest BCUT2D eigenvalue weighted by molar-refractivity contribution is 0.0230. The standard InChI is InChI=1S/C22H22FN3O2/c1-15-11-18(23)12-16(2)20(15)14-28-26-22(27)19-5-3-4-6-21(19)25-13-17-7-9-24-10-8-17/h3-12,25H,13-14H2,1-2H3,(H,26,27). The van der Waals surface area contributed by atoms with Gasteiger partial charge in [0, 0.05) is 24.6 Å². The van der Waals surface area contributed by atoms with Gasteiger partial charge in [-0.25, -0.2) is 9.87 Å². The Morgan fingerprint density at radius 3 is 2.46 bits per heavy atom. The highest BCUT2D eigenvalue weighted by atomic mass is 19.1. The highest BCUT2D eigenvalue weighted by Gasteiger charge is 2.12. The third kappa shape index (κ3) is 4.92. The van der Waals surface area contributed by atoms with Gasteiger partial charge in [0.25, 0.3) is 5.91 Å². The number of amides is 1. The summed E-state index contributed by atoms with van der Waals surface area (Å²) in [5.41, 5.74) is 7.13. The quantitative estimate of drug-likeness (QED) is 0.601. The largest absolute Gasteiger partial charge is 0.380 e. The summed E-state index contributed by atoms with van der Waals surface area (Å²) in [6.45, 7) is 4.36. The van der Waals surface area contributed by atoms with Gasteiger partial charge in [0.15, 0.2) is 0 Å². The second kappa shape index (κ2) is 9.10. The number of rotatable bonds is 7. The van der Waals surface area contributed by atoms with Crippen LogP contribution in [0.2, 0.25) is 0 Å². The van der Waals surface area contributed by atoms with Crippen LogP contribution in [-0.4, -0.2) is 10.9 Å². The van der Waals surface area contributed by atoms with E-state index < -0.39 is 0 Å². The van der Waals surface area contributed by atoms with E-state index in [1.54, 1.807) is 24.5 Å². The number of nitrogens with one attached hydrogen (secondary N) is 2. The van der Waals surface area contributed by atoms with Crippen LogP contribution >= 0.6 is 0 Å². The maximum atomic E-state index is 13.4. The van der Waals surface area contributed by atoms with Crippen LogP contribution < -0.4 is 10.8 Å². The summed E-state index contributed by atoms with van der Waals surface area (Å²) in [4.78, 5) is 21.9. The minimum atomic E-state index is -0.352. The molecule has 3 rings (SSSR count). The van der Waals surface area contributed by atoms with Gasteiger partial charge in [-0.15, -0.1) is 0 Å². The average Bonchev–Trinajstić information content (AvgIpc) is 2.69. The summed E-state index contributed by atoms with van der Waals surface area (Å²) in [7, 11) is 0. The Morgan fingerprint density at radius 2 is 1.75 bits per heavy atom. The number of aromatic nitrogens is 1. The number of carbonyl (C=O) groups excluding carboxylic acids is 1. The molecule has 0 unspecified atom stereocenters. The molecule has 2 N–H and O–H groups in total. The van der Waals surface area contributed by atoms with Crippen molar-refractivity contribution in [3.8, 4) is 0 Å². The second-order valence-electron chi connectivity index (χ2n) is 6.49. The summed E-state index contributed by atoms with van der Waals surface area (Å²) < 4.78 is 13.4. The van der Waals surface area contributed by atoms with E-state index in [2.05, 4.69) is 15.8 Å². The van der Waals surface area contributed by atoms with E-state index in [-0.39, 0.29) is 18.3 Å². The lowest BCUT2D eigenvalue weighted by Crippen LogP contribution is -2.25. The molecule has 3 aromatic rings. The molecule has 0 aliphatic heterocycles. The van der Waals surface area contributed by atoms with Gasteiger partial charge in [0.05, 0.1) is 5.56 Å². The minimum absolute atomic E-state index is 0.163. The number of nitrogens with zero attached hydrogens (tertiary/aromatic N) is 1. The van der Waals surface area contributed by atoms with Crippen LogP contribution in [0.3, 0.4) is 0 Å². The molecule has 5 nitrogen and oxygen atoms in total. The first kappa shape index (κ1) is 19.5. The van der Waals surface area contributed by atoms with Crippen LogP contribution in [-0.2, 0) is 18.0 Å². The van der Waals surface area contributed by atoms with Crippen LogP contribution in [0.25, 0.3) is 0 Å². The van der Waals surface area contributed by atoms with E-state index >= 15 is 0 Å². The molecule has 0 radical (unpaired) electrons. The lowest BCUT2D eigenvalue weighted by Gasteiger charge is -2.14. The Balaban J connectivity index is 1.62. The molecule has 0 atom stereocenters. The average molecular weight is 379 g/mol. The Bertz CT molecular complexity index is 938. The number of aryl methyl sites for hydroxylation is 2. The van der Waals surface area contributed by atoms with Gasteiger partial charge in [0.1, 0.15) is 12.4 Å². The summed E-state index contributed by atoms with van der Waals surface area (Å²) in [6.07, 6.45) is 3.45. The smallest absolute Gasteiger partial charge is 0.276 e. The normalized spacial score (nSPS) is 10.5. The first-order valence-corrected chi connectivity index (χ1v) is 8.94. The molecule has 6 heteroatoms. The summed E-state index contributed by atoms with van der Waals surface area (Å²) in [5.74, 6) is -0.632. The fraction of sp³-hybridized carbons (Fsp3) is 0.182. The van der Waals surface area contributed by atoms with Gasteiger partial charge in [-0.2, -0.15) is 0 Å². The van der Waals surface area contributed by atoms with Crippen LogP contribution in [0, 0.1) is 19.7 Å². The molecule has 0 aliphatic carbocycles. The first-order valence-electron chi connectivity index (χ1n) is 8.94. The van der Waals surface area contributed by atoms with E-state index in [1.807, 2.05) is 38.1 Å². The molecular formula is C22H22FN3O2. The number of pyridine rings is 1. The molecule has 1 amide bonds. The van der Waals surface area contributed by atoms with E-state index in [9.17, 15) is 9.18 Å². The van der Waals surface area contributed by atoms with Crippen molar-refractivity contribution in [1.29, 1.82) is 0 Å². The van der Waals surface area contributed by atoms with Crippen LogP contribution in [0.15, 0.2) is 60.9 Å². The van der Waals surface area contributed by atoms with Crippen molar-refractivity contribution in [2.45, 2.75) is 27.0 Å². The molecule has 1 aromatic heterocycles. The van der Waals surface area contributed by atoms with Gasteiger partial charge >= 0.3 is 0 Å². The Kier molecular flexibility index (Phi) is 6.34. The number of para-hydroxylation sites is 1. The number of hydrogen-bond donors (Lipinski definition) is 2. The fourth-order valence-corrected chi connectivity index (χ4v) is 2.93. The number of carbonyl (C=O) groups is 1. The topological polar surface area (TPSA) is 63.2 Å². The molecule has 0 fully saturated rings. The first-order chi connectivity index (χ1) is 13.5. The van der Waals surface area contributed by atoms with Crippen molar-refractivity contribution in [2.24, 2.45) is 0 Å². The number of hydroxylamine groups is 1. The Labute approximate surface area is 163 Å². The van der Waals surface area contributed by atoms with Crippen molar-refractivity contribution in [3.05, 3.63) is 94.6 Å². The van der Waals surface area contributed by atoms with Crippen molar-refractivity contribution >= 4 is 11.6 Å². The monoisotopic (exact) mass is 379 g/mol. The van der Waals surface area contributed by atoms with E-state index in [0.29, 0.717) is 17.8 Å². The number of anilines is 1. The Morgan fingerprint density at radius 1 is 1.07 bits per heavy atom. The third-order valence-corrected chi connectivity index (χ3v) is 4.45. The maximum absolute atomic E-state index is 13.4. The van der Waals surface area contributed by atoms with Crippen LogP contribution in [0.5, 0.6) is 0 Å². The van der Waals surface area contributed by atoms with Crippen molar-refractivity contribution in [3.63, 3.8) is 0 Å². The van der Waals surface area contributed by atoms with E-state index in [0.717, 1.165) is 22.3 Å². The maximum Gasteiger partial charge on any atom is 0.276 e. The number of hydrogen-bond acceptors (Lipinski definition) is 4. The molecule has 0 bridgehead atoms. The van der Waals surface area contributed by atoms with E-state index in [1.165, 1.54) is 12.1 Å². The Hall–Kier alpha value is -3.25. The number of benzene rings is 2. The van der Waals surface area contributed by atoms with Crippen molar-refractivity contribution in [2.75, 3.05) is 5.32 Å². The molecule has 0 spiro atoms. The molecule has 0 saturated carbocycles. The molecule has 0 aliphatic rings. The molecule has 28 heavy (non-hydrogen) atoms. The predicted octanol–water partition coefficient (Wildman–Crippen LogP) is 4.31. The van der Waals surface area contributed by atoms with Crippen LogP contribution in [0.1, 0.15) is 32.6 Å². The number of halogens is 1. The molecular weight excluding hydrogens is 357 g/mol. The minimum Gasteiger partial charge on any atom is -0.380 e. The summed E-state index contributed by atoms with van der Waals surface area (Å²) in [6, 6.07) is 13.9. The highest BCUT2D eigenvalue weighted by Crippen LogP contribution is 2.18. The van der Waals surface area contributed by atoms with Gasteiger partial charge in [-0.05, 0) is 72.5 Å². The van der Waals surface area contributed by atoms with Gasteiger partial charge in [0.2, 0.25) is 0 Å². The lowest BCUT2D eigenvalue weighted by atomic mass is 10.0. The zero-order valence-corrected chi connectivity index (χ0v) is 15.8. The van der Waals surface area contributed by atoms with Gasteiger partial charge in [-0.3, -0.25) is 14.6 Å². The van der Waals surface area contributed by atoms with Crippen LogP contribution in [0.4, 0.5) is 10.1 Å². The highest BCUT2D eigenvalue weighted by molar-refractivity contribution is 5.99. The van der Waals surface area contributed by atoms with E-state index in [4.69, 9.17) is 4.84 Å². The van der Waals surface area contributed by atoms with Crippen molar-refractivity contribution in [1.82, 2.24) is 10.5 Å². The van der Waals surface area contributed by atoms with Gasteiger partial charge in [-0.1, -0.05) is 12.1 Å². The predicted molar refractivity (Wildman–Crippen MR) is 106 cm³/mol. The SMILES string of the molecule is Cc1cc(F)cc(C)c1CONC(=O)c1ccccc1NCc1ccncc1. The molecule has 1 heterocycles. The fourth-order valence-electron chi connectivity index (χ4n) is 2.93. The molecule has 0 saturated heterocycles. The zero-order valence-electron chi connectivity index (χ0n) is 15.8. The molecule has 2 aromatic carbocycles. The zero-order chi connectivity index (χ0) is 19.9. The van der Waals surface area contributed by atoms with Gasteiger partial charge < -0.3 is 5.32 Å².